The first-order valence-electron chi connectivity index (χ1n) is 9.25. The minimum Gasteiger partial charge on any atom is -0.493 e. The van der Waals surface area contributed by atoms with Crippen LogP contribution in [0.3, 0.4) is 0 Å². The topological polar surface area (TPSA) is 76.7 Å². The van der Waals surface area contributed by atoms with Gasteiger partial charge < -0.3 is 9.15 Å². The molecule has 0 saturated carbocycles. The lowest BCUT2D eigenvalue weighted by atomic mass is 10.1. The Hall–Kier alpha value is -3.93. The molecule has 6 heteroatoms. The Balaban J connectivity index is 1.63. The summed E-state index contributed by atoms with van der Waals surface area (Å²) >= 11 is 0. The smallest absolute Gasteiger partial charge is 0.272 e. The van der Waals surface area contributed by atoms with Crippen LogP contribution in [0.1, 0.15) is 22.8 Å². The highest BCUT2D eigenvalue weighted by Gasteiger charge is 2.14. The van der Waals surface area contributed by atoms with Crippen LogP contribution in [0.15, 0.2) is 82.5 Å². The van der Waals surface area contributed by atoms with Gasteiger partial charge in [0.1, 0.15) is 11.4 Å². The van der Waals surface area contributed by atoms with E-state index in [-0.39, 0.29) is 5.91 Å². The van der Waals surface area contributed by atoms with Crippen molar-refractivity contribution in [3.63, 3.8) is 0 Å². The molecular weight excluding hydrogens is 366 g/mol. The van der Waals surface area contributed by atoms with Gasteiger partial charge in [-0.05, 0) is 43.3 Å². The highest BCUT2D eigenvalue weighted by molar-refractivity contribution is 6.07. The lowest BCUT2D eigenvalue weighted by Crippen LogP contribution is -2.18. The zero-order chi connectivity index (χ0) is 20.1. The second-order valence-corrected chi connectivity index (χ2v) is 6.22. The number of hydrazone groups is 1. The Morgan fingerprint density at radius 2 is 1.97 bits per heavy atom. The molecule has 0 spiro atoms. The number of carbonyl (C=O) groups excluding carboxylic acids is 1. The van der Waals surface area contributed by atoms with Crippen molar-refractivity contribution in [2.24, 2.45) is 5.10 Å². The molecule has 2 aromatic carbocycles. The molecule has 0 unspecified atom stereocenters. The third-order valence-corrected chi connectivity index (χ3v) is 4.32. The van der Waals surface area contributed by atoms with E-state index < -0.39 is 0 Å². The van der Waals surface area contributed by atoms with E-state index in [1.807, 2.05) is 61.5 Å². The number of ether oxygens (including phenoxy) is 1. The molecule has 0 saturated heterocycles. The number of nitrogens with one attached hydrogen (secondary N) is 1. The summed E-state index contributed by atoms with van der Waals surface area (Å²) in [5.41, 5.74) is 5.14. The molecule has 0 aliphatic carbocycles. The zero-order valence-corrected chi connectivity index (χ0v) is 15.8. The van der Waals surface area contributed by atoms with Crippen molar-refractivity contribution in [1.29, 1.82) is 0 Å². The number of carbonyl (C=O) groups is 1. The van der Waals surface area contributed by atoms with Crippen LogP contribution in [0.4, 0.5) is 0 Å². The highest BCUT2D eigenvalue weighted by Crippen LogP contribution is 2.25. The molecule has 2 aromatic heterocycles. The second kappa shape index (κ2) is 8.39. The fraction of sp³-hybridized carbons (Fsp3) is 0.0870. The maximum absolute atomic E-state index is 12.9. The van der Waals surface area contributed by atoms with E-state index in [9.17, 15) is 4.79 Å². The molecule has 6 nitrogen and oxygen atoms in total. The molecule has 144 valence electrons. The van der Waals surface area contributed by atoms with Gasteiger partial charge in [0, 0.05) is 10.9 Å². The summed E-state index contributed by atoms with van der Waals surface area (Å²) < 4.78 is 11.0. The third-order valence-electron chi connectivity index (χ3n) is 4.32. The molecule has 0 fully saturated rings. The van der Waals surface area contributed by atoms with E-state index in [0.717, 1.165) is 10.9 Å². The van der Waals surface area contributed by atoms with Crippen LogP contribution in [0.2, 0.25) is 0 Å². The largest absolute Gasteiger partial charge is 0.493 e. The van der Waals surface area contributed by atoms with Gasteiger partial charge in [0.25, 0.3) is 5.91 Å². The summed E-state index contributed by atoms with van der Waals surface area (Å²) in [6.07, 6.45) is 3.14. The Bertz CT molecular complexity index is 1170. The van der Waals surface area contributed by atoms with Gasteiger partial charge in [0.2, 0.25) is 0 Å². The number of hydrogen-bond acceptors (Lipinski definition) is 5. The molecule has 4 aromatic rings. The van der Waals surface area contributed by atoms with E-state index in [2.05, 4.69) is 15.5 Å². The predicted octanol–water partition coefficient (Wildman–Crippen LogP) is 4.66. The van der Waals surface area contributed by atoms with Crippen molar-refractivity contribution in [3.8, 4) is 17.2 Å². The van der Waals surface area contributed by atoms with Crippen LogP contribution < -0.4 is 10.2 Å². The minimum absolute atomic E-state index is 0.332. The van der Waals surface area contributed by atoms with Crippen molar-refractivity contribution in [1.82, 2.24) is 10.4 Å². The quantitative estimate of drug-likeness (QED) is 0.387. The van der Waals surface area contributed by atoms with E-state index in [0.29, 0.717) is 34.9 Å². The number of amides is 1. The summed E-state index contributed by atoms with van der Waals surface area (Å²) in [6.45, 7) is 2.47. The number of para-hydroxylation sites is 2. The summed E-state index contributed by atoms with van der Waals surface area (Å²) in [5.74, 6) is 0.975. The van der Waals surface area contributed by atoms with Crippen LogP contribution >= 0.6 is 0 Å². The lowest BCUT2D eigenvalue weighted by Gasteiger charge is -2.08. The Morgan fingerprint density at radius 1 is 1.14 bits per heavy atom. The predicted molar refractivity (Wildman–Crippen MR) is 112 cm³/mol. The normalized spacial score (nSPS) is 11.1. The van der Waals surface area contributed by atoms with Crippen LogP contribution in [0.25, 0.3) is 22.4 Å². The van der Waals surface area contributed by atoms with Crippen molar-refractivity contribution in [3.05, 3.63) is 84.1 Å². The van der Waals surface area contributed by atoms with Crippen LogP contribution in [0.5, 0.6) is 5.75 Å². The van der Waals surface area contributed by atoms with Gasteiger partial charge in [-0.3, -0.25) is 4.79 Å². The second-order valence-electron chi connectivity index (χ2n) is 6.22. The summed E-state index contributed by atoms with van der Waals surface area (Å²) in [5, 5.41) is 4.85. The summed E-state index contributed by atoms with van der Waals surface area (Å²) in [6, 6.07) is 20.3. The van der Waals surface area contributed by atoms with Crippen molar-refractivity contribution < 1.29 is 13.9 Å². The molecule has 0 radical (unpaired) electrons. The molecule has 0 aliphatic rings. The summed E-state index contributed by atoms with van der Waals surface area (Å²) in [7, 11) is 0. The molecule has 1 amide bonds. The third kappa shape index (κ3) is 4.01. The van der Waals surface area contributed by atoms with Gasteiger partial charge in [-0.15, -0.1) is 0 Å². The number of nitrogens with zero attached hydrogens (tertiary/aromatic N) is 2. The number of rotatable bonds is 6. The molecule has 2 heterocycles. The molecule has 0 atom stereocenters. The van der Waals surface area contributed by atoms with Crippen LogP contribution in [0, 0.1) is 0 Å². The fourth-order valence-electron chi connectivity index (χ4n) is 3.01. The lowest BCUT2D eigenvalue weighted by molar-refractivity contribution is 0.0956. The SMILES string of the molecule is CCOc1ccccc1/C=N\NC(=O)c1cc(-c2ccco2)nc2ccccc12. The number of aromatic nitrogens is 1. The first kappa shape index (κ1) is 18.4. The molecule has 0 bridgehead atoms. The number of pyridine rings is 1. The average Bonchev–Trinajstić information content (AvgIpc) is 3.29. The summed E-state index contributed by atoms with van der Waals surface area (Å²) in [4.78, 5) is 17.5. The number of hydrogen-bond donors (Lipinski definition) is 1. The fourth-order valence-corrected chi connectivity index (χ4v) is 3.01. The first-order valence-corrected chi connectivity index (χ1v) is 9.25. The van der Waals surface area contributed by atoms with Gasteiger partial charge in [-0.25, -0.2) is 10.4 Å². The zero-order valence-electron chi connectivity index (χ0n) is 15.8. The van der Waals surface area contributed by atoms with Gasteiger partial charge in [-0.2, -0.15) is 5.10 Å². The maximum atomic E-state index is 12.9. The van der Waals surface area contributed by atoms with Gasteiger partial charge >= 0.3 is 0 Å². The van der Waals surface area contributed by atoms with Gasteiger partial charge in [0.05, 0.1) is 30.2 Å². The van der Waals surface area contributed by atoms with Crippen LogP contribution in [-0.4, -0.2) is 23.7 Å². The van der Waals surface area contributed by atoms with Crippen molar-refractivity contribution >= 4 is 23.0 Å². The molecular formula is C23H19N3O3. The van der Waals surface area contributed by atoms with E-state index in [1.54, 1.807) is 24.6 Å². The monoisotopic (exact) mass is 385 g/mol. The van der Waals surface area contributed by atoms with E-state index >= 15 is 0 Å². The molecule has 4 rings (SSSR count). The maximum Gasteiger partial charge on any atom is 0.272 e. The van der Waals surface area contributed by atoms with E-state index in [4.69, 9.17) is 9.15 Å². The standard InChI is InChI=1S/C23H19N3O3/c1-2-28-21-11-6-3-8-16(21)15-24-26-23(27)18-14-20(22-12-7-13-29-22)25-19-10-5-4-9-17(18)19/h3-15H,2H2,1H3,(H,26,27)/b24-15-. The number of benzene rings is 2. The van der Waals surface area contributed by atoms with Crippen LogP contribution in [-0.2, 0) is 0 Å². The molecule has 29 heavy (non-hydrogen) atoms. The Morgan fingerprint density at radius 3 is 2.79 bits per heavy atom. The minimum atomic E-state index is -0.332. The first-order chi connectivity index (χ1) is 14.3. The van der Waals surface area contributed by atoms with E-state index in [1.165, 1.54) is 0 Å². The highest BCUT2D eigenvalue weighted by atomic mass is 16.5. The average molecular weight is 385 g/mol. The van der Waals surface area contributed by atoms with Crippen molar-refractivity contribution in [2.75, 3.05) is 6.61 Å². The molecule has 0 aliphatic heterocycles. The van der Waals surface area contributed by atoms with Gasteiger partial charge in [-0.1, -0.05) is 30.3 Å². The Kier molecular flexibility index (Phi) is 5.33. The molecule has 1 N–H and O–H groups in total. The number of fused-ring (bicyclic) bond motifs is 1. The van der Waals surface area contributed by atoms with Gasteiger partial charge in [0.15, 0.2) is 5.76 Å². The Labute approximate surface area is 167 Å². The number of furan rings is 1. The van der Waals surface area contributed by atoms with Crippen molar-refractivity contribution in [2.45, 2.75) is 6.92 Å².